The molecule has 0 radical (unpaired) electrons. The topological polar surface area (TPSA) is 90.0 Å². The van der Waals surface area contributed by atoms with Gasteiger partial charge in [0.1, 0.15) is 12.1 Å². The third-order valence-electron chi connectivity index (χ3n) is 7.61. The van der Waals surface area contributed by atoms with Crippen LogP contribution in [-0.4, -0.2) is 76.7 Å². The van der Waals surface area contributed by atoms with Crippen molar-refractivity contribution in [2.75, 3.05) is 32.7 Å². The van der Waals surface area contributed by atoms with Crippen molar-refractivity contribution in [3.8, 4) is 0 Å². The van der Waals surface area contributed by atoms with E-state index in [9.17, 15) is 19.2 Å². The second kappa shape index (κ2) is 8.74. The lowest BCUT2D eigenvalue weighted by molar-refractivity contribution is -0.140. The Labute approximate surface area is 198 Å². The molecule has 1 N–H and O–H groups in total. The van der Waals surface area contributed by atoms with Crippen LogP contribution in [0.3, 0.4) is 0 Å². The molecule has 2 aromatic carbocycles. The molecule has 1 saturated carbocycles. The summed E-state index contributed by atoms with van der Waals surface area (Å²) in [6.45, 7) is 3.48. The number of nitrogens with zero attached hydrogens (tertiary/aromatic N) is 3. The number of carbonyl (C=O) groups excluding carboxylic acids is 4. The minimum Gasteiger partial charge on any atom is -0.338 e. The van der Waals surface area contributed by atoms with Crippen LogP contribution in [0.4, 0.5) is 4.79 Å². The van der Waals surface area contributed by atoms with Gasteiger partial charge in [-0.05, 0) is 48.4 Å². The zero-order valence-electron chi connectivity index (χ0n) is 19.5. The van der Waals surface area contributed by atoms with E-state index in [4.69, 9.17) is 0 Å². The smallest absolute Gasteiger partial charge is 0.325 e. The van der Waals surface area contributed by atoms with Crippen LogP contribution >= 0.6 is 0 Å². The Morgan fingerprint density at radius 2 is 1.59 bits per heavy atom. The first-order valence-corrected chi connectivity index (χ1v) is 12.1. The van der Waals surface area contributed by atoms with Gasteiger partial charge in [0.25, 0.3) is 11.8 Å². The minimum atomic E-state index is -0.840. The molecule has 2 aliphatic heterocycles. The number of carbonyl (C=O) groups is 4. The molecule has 8 heteroatoms. The van der Waals surface area contributed by atoms with Crippen molar-refractivity contribution in [2.45, 2.75) is 38.1 Å². The van der Waals surface area contributed by atoms with Gasteiger partial charge < -0.3 is 15.1 Å². The maximum atomic E-state index is 13.2. The second-order valence-corrected chi connectivity index (χ2v) is 9.79. The van der Waals surface area contributed by atoms with Gasteiger partial charge in [-0.25, -0.2) is 4.79 Å². The number of imide groups is 1. The van der Waals surface area contributed by atoms with Crippen LogP contribution in [0.5, 0.6) is 0 Å². The zero-order valence-corrected chi connectivity index (χ0v) is 19.5. The summed E-state index contributed by atoms with van der Waals surface area (Å²) in [7, 11) is 0. The van der Waals surface area contributed by atoms with E-state index in [1.807, 2.05) is 42.5 Å². The fourth-order valence-electron chi connectivity index (χ4n) is 5.39. The highest BCUT2D eigenvalue weighted by atomic mass is 16.2. The summed E-state index contributed by atoms with van der Waals surface area (Å²) in [6.07, 6.45) is 3.03. The largest absolute Gasteiger partial charge is 0.338 e. The molecule has 8 nitrogen and oxygen atoms in total. The number of benzene rings is 2. The molecule has 178 valence electrons. The molecule has 0 bridgehead atoms. The maximum absolute atomic E-state index is 13.2. The van der Waals surface area contributed by atoms with Crippen LogP contribution in [0.25, 0.3) is 10.8 Å². The molecule has 0 atom stereocenters. The Bertz CT molecular complexity index is 1140. The fourth-order valence-corrected chi connectivity index (χ4v) is 5.39. The normalized spacial score (nSPS) is 25.2. The van der Waals surface area contributed by atoms with Gasteiger partial charge in [0.05, 0.1) is 0 Å². The number of rotatable bonds is 3. The van der Waals surface area contributed by atoms with Crippen LogP contribution < -0.4 is 5.32 Å². The first-order valence-electron chi connectivity index (χ1n) is 12.1. The minimum absolute atomic E-state index is 0.0496. The van der Waals surface area contributed by atoms with Crippen LogP contribution in [0.15, 0.2) is 42.5 Å². The Hall–Kier alpha value is -3.42. The number of hydrogen-bond donors (Lipinski definition) is 1. The summed E-state index contributed by atoms with van der Waals surface area (Å²) in [5.41, 5.74) is -0.183. The van der Waals surface area contributed by atoms with E-state index in [0.29, 0.717) is 50.5 Å². The van der Waals surface area contributed by atoms with E-state index in [-0.39, 0.29) is 24.3 Å². The SMILES string of the molecule is CC1CCC2(CC1)NC(=O)N(CC(=O)N1CCN(C(=O)c3cccc4ccccc34)CC1)C2=O. The molecular weight excluding hydrogens is 432 g/mol. The highest BCUT2D eigenvalue weighted by molar-refractivity contribution is 6.09. The molecule has 2 saturated heterocycles. The maximum Gasteiger partial charge on any atom is 0.325 e. The fraction of sp³-hybridized carbons (Fsp3) is 0.462. The molecule has 2 heterocycles. The van der Waals surface area contributed by atoms with Gasteiger partial charge in [-0.1, -0.05) is 43.3 Å². The van der Waals surface area contributed by atoms with Gasteiger partial charge in [-0.15, -0.1) is 0 Å². The average molecular weight is 463 g/mol. The molecule has 2 aromatic rings. The summed E-state index contributed by atoms with van der Waals surface area (Å²) in [5, 5.41) is 4.80. The lowest BCUT2D eigenvalue weighted by Crippen LogP contribution is -2.53. The monoisotopic (exact) mass is 462 g/mol. The molecule has 0 unspecified atom stereocenters. The van der Waals surface area contributed by atoms with Crippen molar-refractivity contribution in [2.24, 2.45) is 5.92 Å². The summed E-state index contributed by atoms with van der Waals surface area (Å²) < 4.78 is 0. The standard InChI is InChI=1S/C26H30N4O4/c1-18-9-11-26(12-10-18)24(33)30(25(34)27-26)17-22(31)28-13-15-29(16-14-28)23(32)21-8-4-6-19-5-2-3-7-20(19)21/h2-8,18H,9-17H2,1H3,(H,27,34). The van der Waals surface area contributed by atoms with E-state index >= 15 is 0 Å². The van der Waals surface area contributed by atoms with Crippen molar-refractivity contribution in [1.29, 1.82) is 0 Å². The van der Waals surface area contributed by atoms with Crippen molar-refractivity contribution in [1.82, 2.24) is 20.0 Å². The van der Waals surface area contributed by atoms with Crippen LogP contribution in [0, 0.1) is 5.92 Å². The summed E-state index contributed by atoms with van der Waals surface area (Å²) >= 11 is 0. The molecule has 3 aliphatic rings. The summed E-state index contributed by atoms with van der Waals surface area (Å²) in [5.74, 6) is -0.0464. The Kier molecular flexibility index (Phi) is 5.75. The molecule has 5 amide bonds. The Morgan fingerprint density at radius 3 is 2.32 bits per heavy atom. The lowest BCUT2D eigenvalue weighted by Gasteiger charge is -2.36. The molecule has 1 spiro atoms. The highest BCUT2D eigenvalue weighted by Crippen LogP contribution is 2.36. The molecule has 34 heavy (non-hydrogen) atoms. The van der Waals surface area contributed by atoms with Gasteiger partial charge in [0.2, 0.25) is 5.91 Å². The van der Waals surface area contributed by atoms with E-state index in [1.165, 1.54) is 0 Å². The number of fused-ring (bicyclic) bond motifs is 1. The summed E-state index contributed by atoms with van der Waals surface area (Å²) in [6, 6.07) is 13.0. The van der Waals surface area contributed by atoms with E-state index in [2.05, 4.69) is 12.2 Å². The first-order chi connectivity index (χ1) is 16.4. The third-order valence-corrected chi connectivity index (χ3v) is 7.61. The lowest BCUT2D eigenvalue weighted by atomic mass is 9.77. The summed E-state index contributed by atoms with van der Waals surface area (Å²) in [4.78, 5) is 56.2. The number of piperazine rings is 1. The van der Waals surface area contributed by atoms with Gasteiger partial charge >= 0.3 is 6.03 Å². The Balaban J connectivity index is 1.20. The molecule has 0 aromatic heterocycles. The number of urea groups is 1. The van der Waals surface area contributed by atoms with E-state index in [0.717, 1.165) is 28.5 Å². The van der Waals surface area contributed by atoms with Crippen molar-refractivity contribution < 1.29 is 19.2 Å². The van der Waals surface area contributed by atoms with Crippen LogP contribution in [0.2, 0.25) is 0 Å². The molecule has 5 rings (SSSR count). The van der Waals surface area contributed by atoms with Gasteiger partial charge in [0.15, 0.2) is 0 Å². The van der Waals surface area contributed by atoms with E-state index < -0.39 is 11.6 Å². The average Bonchev–Trinajstić information content (AvgIpc) is 3.09. The number of hydrogen-bond acceptors (Lipinski definition) is 4. The van der Waals surface area contributed by atoms with E-state index in [1.54, 1.807) is 9.80 Å². The first kappa shape index (κ1) is 22.4. The Morgan fingerprint density at radius 1 is 0.941 bits per heavy atom. The molecular formula is C26H30N4O4. The molecule has 3 fully saturated rings. The predicted octanol–water partition coefficient (Wildman–Crippen LogP) is 2.62. The third kappa shape index (κ3) is 3.91. The van der Waals surface area contributed by atoms with Gasteiger partial charge in [-0.3, -0.25) is 19.3 Å². The predicted molar refractivity (Wildman–Crippen MR) is 127 cm³/mol. The molecule has 1 aliphatic carbocycles. The second-order valence-electron chi connectivity index (χ2n) is 9.79. The van der Waals surface area contributed by atoms with Gasteiger partial charge in [-0.2, -0.15) is 0 Å². The quantitative estimate of drug-likeness (QED) is 0.710. The number of amides is 5. The van der Waals surface area contributed by atoms with Crippen LogP contribution in [-0.2, 0) is 9.59 Å². The number of nitrogens with one attached hydrogen (secondary N) is 1. The van der Waals surface area contributed by atoms with Crippen molar-refractivity contribution >= 4 is 34.5 Å². The highest BCUT2D eigenvalue weighted by Gasteiger charge is 2.52. The van der Waals surface area contributed by atoms with Crippen molar-refractivity contribution in [3.63, 3.8) is 0 Å². The van der Waals surface area contributed by atoms with Gasteiger partial charge in [0, 0.05) is 31.7 Å². The van der Waals surface area contributed by atoms with Crippen LogP contribution in [0.1, 0.15) is 43.0 Å². The zero-order chi connectivity index (χ0) is 23.9. The van der Waals surface area contributed by atoms with Crippen molar-refractivity contribution in [3.05, 3.63) is 48.0 Å².